The van der Waals surface area contributed by atoms with Crippen molar-refractivity contribution < 1.29 is 19.4 Å². The number of benzene rings is 1. The molecule has 1 aliphatic rings. The lowest BCUT2D eigenvalue weighted by Crippen LogP contribution is -2.26. The topological polar surface area (TPSA) is 55.8 Å². The van der Waals surface area contributed by atoms with Crippen molar-refractivity contribution in [2.75, 3.05) is 13.2 Å². The molecule has 0 spiro atoms. The van der Waals surface area contributed by atoms with E-state index in [1.807, 2.05) is 36.4 Å². The Morgan fingerprint density at radius 1 is 1.39 bits per heavy atom. The number of aliphatic carboxylic acids is 1. The number of carboxylic acid groups (broad SMARTS) is 1. The monoisotopic (exact) mass is 604 g/mol. The summed E-state index contributed by atoms with van der Waals surface area (Å²) in [5.74, 6) is 6.14. The Bertz CT molecular complexity index is 815. The summed E-state index contributed by atoms with van der Waals surface area (Å²) in [5.41, 5.74) is 0.895. The summed E-state index contributed by atoms with van der Waals surface area (Å²) >= 11 is 4.72. The van der Waals surface area contributed by atoms with Gasteiger partial charge in [-0.15, -0.1) is 0 Å². The summed E-state index contributed by atoms with van der Waals surface area (Å²) < 4.78 is 12.1. The molecule has 148 valence electrons. The summed E-state index contributed by atoms with van der Waals surface area (Å²) in [6.07, 6.45) is 10.4. The first-order valence-electron chi connectivity index (χ1n) is 8.88. The van der Waals surface area contributed by atoms with Crippen LogP contribution in [0.4, 0.5) is 0 Å². The molecule has 0 aromatic heterocycles. The number of alkyl halides is 1. The van der Waals surface area contributed by atoms with E-state index in [9.17, 15) is 4.79 Å². The molecule has 0 heterocycles. The average Bonchev–Trinajstić information content (AvgIpc) is 2.65. The van der Waals surface area contributed by atoms with Crippen LogP contribution < -0.4 is 4.74 Å². The van der Waals surface area contributed by atoms with Gasteiger partial charge in [0.1, 0.15) is 15.8 Å². The molecule has 28 heavy (non-hydrogen) atoms. The molecular formula is C22H22I2O4. The molecular weight excluding hydrogens is 582 g/mol. The Morgan fingerprint density at radius 3 is 2.79 bits per heavy atom. The zero-order valence-electron chi connectivity index (χ0n) is 15.5. The van der Waals surface area contributed by atoms with Crippen LogP contribution in [0.5, 0.6) is 5.75 Å². The molecule has 1 aromatic carbocycles. The van der Waals surface area contributed by atoms with Crippen molar-refractivity contribution in [1.29, 1.82) is 0 Å². The van der Waals surface area contributed by atoms with Crippen LogP contribution in [0.25, 0.3) is 0 Å². The fourth-order valence-electron chi connectivity index (χ4n) is 2.52. The first-order chi connectivity index (χ1) is 13.4. The van der Waals surface area contributed by atoms with Gasteiger partial charge in [0.2, 0.25) is 0 Å². The van der Waals surface area contributed by atoms with Gasteiger partial charge in [0.05, 0.1) is 0 Å². The van der Waals surface area contributed by atoms with Crippen LogP contribution in [-0.2, 0) is 16.0 Å². The van der Waals surface area contributed by atoms with Gasteiger partial charge in [-0.1, -0.05) is 64.8 Å². The SMILES string of the molecule is CCO[C@@H](Cc1ccc(OC/C=C/C#CC2(I)C=CC=C(I)C2)cc1)C(=O)O. The molecule has 6 heteroatoms. The largest absolute Gasteiger partial charge is 0.490 e. The normalized spacial score (nSPS) is 19.6. The maximum absolute atomic E-state index is 11.1. The highest BCUT2D eigenvalue weighted by Gasteiger charge is 2.23. The van der Waals surface area contributed by atoms with Crippen molar-refractivity contribution in [3.63, 3.8) is 0 Å². The van der Waals surface area contributed by atoms with Gasteiger partial charge in [-0.25, -0.2) is 4.79 Å². The number of carbonyl (C=O) groups is 1. The first kappa shape index (κ1) is 23.0. The molecule has 2 atom stereocenters. The minimum atomic E-state index is -0.948. The summed E-state index contributed by atoms with van der Waals surface area (Å²) in [7, 11) is 0. The van der Waals surface area contributed by atoms with Crippen molar-refractivity contribution in [2.24, 2.45) is 0 Å². The standard InChI is InChI=1S/C22H22I2O4/c1-2-27-20(21(25)26)15-17-8-10-19(11-9-17)28-14-5-3-4-12-22(24)13-6-7-18(23)16-22/h3,5-11,13,20H,2,14-16H2,1H3,(H,25,26)/b5-3+/t20-,22?/m0/s1. The van der Waals surface area contributed by atoms with E-state index in [1.54, 1.807) is 6.92 Å². The summed E-state index contributed by atoms with van der Waals surface area (Å²) in [6, 6.07) is 7.39. The Hall–Kier alpha value is -1.31. The molecule has 0 bridgehead atoms. The molecule has 0 aliphatic heterocycles. The van der Waals surface area contributed by atoms with Crippen LogP contribution in [0.1, 0.15) is 18.9 Å². The highest BCUT2D eigenvalue weighted by atomic mass is 127. The Kier molecular flexibility index (Phi) is 9.55. The summed E-state index contributed by atoms with van der Waals surface area (Å²) in [6.45, 7) is 2.58. The molecule has 0 amide bonds. The van der Waals surface area contributed by atoms with E-state index in [0.717, 1.165) is 17.7 Å². The van der Waals surface area contributed by atoms with Crippen LogP contribution in [0.2, 0.25) is 0 Å². The minimum absolute atomic E-state index is 0.140. The maximum Gasteiger partial charge on any atom is 0.333 e. The van der Waals surface area contributed by atoms with Gasteiger partial charge in [-0.3, -0.25) is 0 Å². The fraction of sp³-hybridized carbons (Fsp3) is 0.318. The van der Waals surface area contributed by atoms with Crippen LogP contribution in [0, 0.1) is 11.8 Å². The number of halogens is 2. The van der Waals surface area contributed by atoms with Crippen LogP contribution in [0.3, 0.4) is 0 Å². The fourth-order valence-corrected chi connectivity index (χ4v) is 4.84. The van der Waals surface area contributed by atoms with Crippen molar-refractivity contribution in [2.45, 2.75) is 29.3 Å². The van der Waals surface area contributed by atoms with Gasteiger partial charge in [0, 0.05) is 19.4 Å². The van der Waals surface area contributed by atoms with Crippen molar-refractivity contribution >= 4 is 51.2 Å². The molecule has 4 nitrogen and oxygen atoms in total. The van der Waals surface area contributed by atoms with Gasteiger partial charge in [0.25, 0.3) is 0 Å². The van der Waals surface area contributed by atoms with Gasteiger partial charge in [-0.2, -0.15) is 0 Å². The number of hydrogen-bond acceptors (Lipinski definition) is 3. The third kappa shape index (κ3) is 7.97. The third-order valence-corrected chi connectivity index (χ3v) is 5.63. The second-order valence-corrected chi connectivity index (χ2v) is 9.44. The van der Waals surface area contributed by atoms with Crippen molar-refractivity contribution in [1.82, 2.24) is 0 Å². The van der Waals surface area contributed by atoms with E-state index in [2.05, 4.69) is 75.3 Å². The number of ether oxygens (including phenoxy) is 2. The minimum Gasteiger partial charge on any atom is -0.490 e. The number of rotatable bonds is 8. The number of hydrogen-bond donors (Lipinski definition) is 1. The van der Waals surface area contributed by atoms with Crippen molar-refractivity contribution in [3.8, 4) is 17.6 Å². The zero-order chi connectivity index (χ0) is 20.4. The highest BCUT2D eigenvalue weighted by Crippen LogP contribution is 2.34. The molecule has 1 N–H and O–H groups in total. The summed E-state index contributed by atoms with van der Waals surface area (Å²) in [5, 5.41) is 9.14. The molecule has 1 unspecified atom stereocenters. The molecule has 0 saturated heterocycles. The molecule has 0 saturated carbocycles. The number of carboxylic acids is 1. The van der Waals surface area contributed by atoms with E-state index in [-0.39, 0.29) is 3.42 Å². The smallest absolute Gasteiger partial charge is 0.333 e. The third-order valence-electron chi connectivity index (χ3n) is 3.88. The number of allylic oxidation sites excluding steroid dienone is 5. The van der Waals surface area contributed by atoms with Crippen LogP contribution in [0.15, 0.2) is 58.2 Å². The van der Waals surface area contributed by atoms with Gasteiger partial charge in [0.15, 0.2) is 6.10 Å². The lowest BCUT2D eigenvalue weighted by atomic mass is 10.0. The molecule has 0 radical (unpaired) electrons. The maximum atomic E-state index is 11.1. The van der Waals surface area contributed by atoms with E-state index >= 15 is 0 Å². The Balaban J connectivity index is 1.80. The second kappa shape index (κ2) is 11.6. The van der Waals surface area contributed by atoms with Gasteiger partial charge < -0.3 is 14.6 Å². The molecule has 2 rings (SSSR count). The lowest BCUT2D eigenvalue weighted by Gasteiger charge is -2.19. The summed E-state index contributed by atoms with van der Waals surface area (Å²) in [4.78, 5) is 11.1. The highest BCUT2D eigenvalue weighted by molar-refractivity contribution is 14.1. The van der Waals surface area contributed by atoms with E-state index in [1.165, 1.54) is 3.58 Å². The Labute approximate surface area is 193 Å². The van der Waals surface area contributed by atoms with Crippen molar-refractivity contribution in [3.05, 3.63) is 63.8 Å². The quantitative estimate of drug-likeness (QED) is 0.255. The van der Waals surface area contributed by atoms with Gasteiger partial charge in [-0.05, 0) is 62.9 Å². The molecule has 0 fully saturated rings. The second-order valence-electron chi connectivity index (χ2n) is 6.12. The lowest BCUT2D eigenvalue weighted by molar-refractivity contribution is -0.149. The predicted octanol–water partition coefficient (Wildman–Crippen LogP) is 5.11. The van der Waals surface area contributed by atoms with Crippen LogP contribution in [-0.4, -0.2) is 33.8 Å². The predicted molar refractivity (Wildman–Crippen MR) is 128 cm³/mol. The first-order valence-corrected chi connectivity index (χ1v) is 11.0. The zero-order valence-corrected chi connectivity index (χ0v) is 19.8. The average molecular weight is 604 g/mol. The van der Waals surface area contributed by atoms with E-state index in [0.29, 0.717) is 19.6 Å². The molecule has 1 aromatic rings. The van der Waals surface area contributed by atoms with E-state index < -0.39 is 12.1 Å². The van der Waals surface area contributed by atoms with Gasteiger partial charge >= 0.3 is 5.97 Å². The van der Waals surface area contributed by atoms with Crippen LogP contribution >= 0.6 is 45.2 Å². The molecule has 1 aliphatic carbocycles. The van der Waals surface area contributed by atoms with E-state index in [4.69, 9.17) is 14.6 Å². The Morgan fingerprint density at radius 2 is 2.14 bits per heavy atom.